The van der Waals surface area contributed by atoms with E-state index < -0.39 is 0 Å². The van der Waals surface area contributed by atoms with Crippen molar-refractivity contribution in [1.82, 2.24) is 10.6 Å². The highest BCUT2D eigenvalue weighted by molar-refractivity contribution is 5.74. The van der Waals surface area contributed by atoms with Crippen molar-refractivity contribution in [3.8, 4) is 0 Å². The molecule has 1 atom stereocenters. The predicted molar refractivity (Wildman–Crippen MR) is 55.7 cm³/mol. The van der Waals surface area contributed by atoms with Crippen LogP contribution in [0.4, 0.5) is 4.79 Å². The van der Waals surface area contributed by atoms with Gasteiger partial charge in [0.15, 0.2) is 0 Å². The van der Waals surface area contributed by atoms with Crippen LogP contribution in [0, 0.1) is 0 Å². The molecule has 2 amide bonds. The van der Waals surface area contributed by atoms with Crippen molar-refractivity contribution >= 4 is 6.03 Å². The summed E-state index contributed by atoms with van der Waals surface area (Å²) >= 11 is 0. The molecule has 0 rings (SSSR count). The monoisotopic (exact) mass is 184 g/mol. The van der Waals surface area contributed by atoms with Gasteiger partial charge in [-0.25, -0.2) is 4.79 Å². The average Bonchev–Trinajstić information content (AvgIpc) is 2.05. The minimum atomic E-state index is -0.0807. The van der Waals surface area contributed by atoms with Crippen LogP contribution in [0.15, 0.2) is 12.7 Å². The quantitative estimate of drug-likeness (QED) is 0.481. The fourth-order valence-electron chi connectivity index (χ4n) is 0.962. The minimum Gasteiger partial charge on any atom is -0.338 e. The third kappa shape index (κ3) is 7.37. The van der Waals surface area contributed by atoms with Crippen LogP contribution in [0.2, 0.25) is 0 Å². The lowest BCUT2D eigenvalue weighted by Gasteiger charge is -2.12. The summed E-state index contributed by atoms with van der Waals surface area (Å²) in [5, 5.41) is 5.61. The first-order valence-corrected chi connectivity index (χ1v) is 4.86. The molecule has 0 saturated carbocycles. The van der Waals surface area contributed by atoms with Crippen molar-refractivity contribution in [2.24, 2.45) is 0 Å². The van der Waals surface area contributed by atoms with Crippen molar-refractivity contribution in [1.29, 1.82) is 0 Å². The number of hydrogen-bond acceptors (Lipinski definition) is 1. The number of carbonyl (C=O) groups is 1. The molecule has 0 radical (unpaired) electrons. The maximum Gasteiger partial charge on any atom is 0.315 e. The highest BCUT2D eigenvalue weighted by Crippen LogP contribution is 1.90. The Balaban J connectivity index is 3.43. The third-order valence-corrected chi connectivity index (χ3v) is 1.71. The fourth-order valence-corrected chi connectivity index (χ4v) is 0.962. The van der Waals surface area contributed by atoms with E-state index in [0.717, 1.165) is 25.8 Å². The molecule has 1 unspecified atom stereocenters. The van der Waals surface area contributed by atoms with Gasteiger partial charge >= 0.3 is 6.03 Å². The van der Waals surface area contributed by atoms with E-state index in [2.05, 4.69) is 24.1 Å². The Bertz CT molecular complexity index is 157. The molecule has 0 aromatic rings. The predicted octanol–water partition coefficient (Wildman–Crippen LogP) is 2.05. The molecule has 3 heteroatoms. The normalized spacial score (nSPS) is 11.8. The molecule has 13 heavy (non-hydrogen) atoms. The van der Waals surface area contributed by atoms with Gasteiger partial charge in [-0.3, -0.25) is 0 Å². The maximum atomic E-state index is 11.1. The molecule has 0 spiro atoms. The highest BCUT2D eigenvalue weighted by Gasteiger charge is 2.03. The van der Waals surface area contributed by atoms with E-state index in [-0.39, 0.29) is 12.1 Å². The number of unbranched alkanes of at least 4 members (excludes halogenated alkanes) is 1. The van der Waals surface area contributed by atoms with Crippen molar-refractivity contribution in [3.05, 3.63) is 12.7 Å². The summed E-state index contributed by atoms with van der Waals surface area (Å²) in [6, 6.07) is 0.0851. The maximum absolute atomic E-state index is 11.1. The van der Waals surface area contributed by atoms with Gasteiger partial charge in [0.25, 0.3) is 0 Å². The second-order valence-electron chi connectivity index (χ2n) is 3.18. The van der Waals surface area contributed by atoms with Gasteiger partial charge in [0, 0.05) is 12.6 Å². The van der Waals surface area contributed by atoms with E-state index >= 15 is 0 Å². The van der Waals surface area contributed by atoms with Gasteiger partial charge in [0.05, 0.1) is 0 Å². The molecule has 0 saturated heterocycles. The van der Waals surface area contributed by atoms with E-state index in [0.29, 0.717) is 0 Å². The molecule has 2 N–H and O–H groups in total. The summed E-state index contributed by atoms with van der Waals surface area (Å²) in [6.07, 6.45) is 4.74. The zero-order chi connectivity index (χ0) is 10.1. The first-order chi connectivity index (χ1) is 6.20. The van der Waals surface area contributed by atoms with Crippen LogP contribution in [-0.2, 0) is 0 Å². The summed E-state index contributed by atoms with van der Waals surface area (Å²) in [6.45, 7) is 8.42. The van der Waals surface area contributed by atoms with Crippen LogP contribution in [0.5, 0.6) is 0 Å². The van der Waals surface area contributed by atoms with Gasteiger partial charge in [-0.2, -0.15) is 0 Å². The van der Waals surface area contributed by atoms with Crippen LogP contribution < -0.4 is 10.6 Å². The Morgan fingerprint density at radius 2 is 2.31 bits per heavy atom. The van der Waals surface area contributed by atoms with Crippen LogP contribution in [0.1, 0.15) is 33.1 Å². The van der Waals surface area contributed by atoms with Crippen molar-refractivity contribution in [2.45, 2.75) is 39.2 Å². The molecule has 0 aromatic heterocycles. The smallest absolute Gasteiger partial charge is 0.315 e. The summed E-state index contributed by atoms with van der Waals surface area (Å²) in [4.78, 5) is 11.1. The van der Waals surface area contributed by atoms with E-state index in [1.54, 1.807) is 6.08 Å². The Hall–Kier alpha value is -0.990. The molecule has 0 aliphatic heterocycles. The third-order valence-electron chi connectivity index (χ3n) is 1.71. The van der Waals surface area contributed by atoms with Crippen LogP contribution >= 0.6 is 0 Å². The van der Waals surface area contributed by atoms with E-state index in [1.807, 2.05) is 6.92 Å². The van der Waals surface area contributed by atoms with Gasteiger partial charge in [-0.05, 0) is 19.8 Å². The minimum absolute atomic E-state index is 0.0807. The summed E-state index contributed by atoms with van der Waals surface area (Å²) in [7, 11) is 0. The van der Waals surface area contributed by atoms with Gasteiger partial charge in [0.1, 0.15) is 0 Å². The van der Waals surface area contributed by atoms with Crippen molar-refractivity contribution in [2.75, 3.05) is 6.54 Å². The van der Waals surface area contributed by atoms with Gasteiger partial charge in [-0.1, -0.05) is 19.4 Å². The van der Waals surface area contributed by atoms with Crippen LogP contribution in [0.3, 0.4) is 0 Å². The Morgan fingerprint density at radius 1 is 1.62 bits per heavy atom. The topological polar surface area (TPSA) is 41.1 Å². The zero-order valence-corrected chi connectivity index (χ0v) is 8.60. The molecular weight excluding hydrogens is 164 g/mol. The summed E-state index contributed by atoms with van der Waals surface area (Å²) in [5.41, 5.74) is 0. The molecular formula is C10H20N2O. The number of nitrogens with one attached hydrogen (secondary N) is 2. The standard InChI is InChI=1S/C10H20N2O/c1-4-6-8-11-10(13)12-9(3)7-5-2/h5,9H,2,4,6-8H2,1,3H3,(H2,11,12,13). The van der Waals surface area contributed by atoms with Gasteiger partial charge < -0.3 is 10.6 Å². The number of rotatable bonds is 6. The molecule has 0 heterocycles. The van der Waals surface area contributed by atoms with Crippen molar-refractivity contribution in [3.63, 3.8) is 0 Å². The van der Waals surface area contributed by atoms with E-state index in [4.69, 9.17) is 0 Å². The second kappa shape index (κ2) is 7.65. The van der Waals surface area contributed by atoms with E-state index in [1.165, 1.54) is 0 Å². The van der Waals surface area contributed by atoms with Gasteiger partial charge in [-0.15, -0.1) is 6.58 Å². The SMILES string of the molecule is C=CCC(C)NC(=O)NCCCC. The Kier molecular flexibility index (Phi) is 7.07. The average molecular weight is 184 g/mol. The Labute approximate surface area is 80.6 Å². The number of amides is 2. The molecule has 76 valence electrons. The fraction of sp³-hybridized carbons (Fsp3) is 0.700. The lowest BCUT2D eigenvalue weighted by atomic mass is 10.2. The second-order valence-corrected chi connectivity index (χ2v) is 3.18. The first-order valence-electron chi connectivity index (χ1n) is 4.86. The zero-order valence-electron chi connectivity index (χ0n) is 8.60. The summed E-state index contributed by atoms with van der Waals surface area (Å²) < 4.78 is 0. The molecule has 3 nitrogen and oxygen atoms in total. The van der Waals surface area contributed by atoms with Crippen LogP contribution in [-0.4, -0.2) is 18.6 Å². The molecule has 0 fully saturated rings. The molecule has 0 aliphatic rings. The van der Waals surface area contributed by atoms with Crippen molar-refractivity contribution < 1.29 is 4.79 Å². The molecule has 0 aliphatic carbocycles. The lowest BCUT2D eigenvalue weighted by Crippen LogP contribution is -2.40. The van der Waals surface area contributed by atoms with E-state index in [9.17, 15) is 4.79 Å². The summed E-state index contributed by atoms with van der Waals surface area (Å²) in [5.74, 6) is 0. The van der Waals surface area contributed by atoms with Gasteiger partial charge in [0.2, 0.25) is 0 Å². The largest absolute Gasteiger partial charge is 0.338 e. The highest BCUT2D eigenvalue weighted by atomic mass is 16.2. The number of urea groups is 1. The number of hydrogen-bond donors (Lipinski definition) is 2. The first kappa shape index (κ1) is 12.0. The lowest BCUT2D eigenvalue weighted by molar-refractivity contribution is 0.237. The number of carbonyl (C=O) groups excluding carboxylic acids is 1. The van der Waals surface area contributed by atoms with Crippen LogP contribution in [0.25, 0.3) is 0 Å². The molecule has 0 aromatic carbocycles. The Morgan fingerprint density at radius 3 is 2.85 bits per heavy atom. The molecule has 0 bridgehead atoms.